The minimum Gasteiger partial charge on any atom is -0.357 e. The summed E-state index contributed by atoms with van der Waals surface area (Å²) in [6.07, 6.45) is 5.04. The number of guanidine groups is 1. The molecule has 1 unspecified atom stereocenters. The van der Waals surface area contributed by atoms with Gasteiger partial charge in [0.25, 0.3) is 5.69 Å². The molecule has 27 heavy (non-hydrogen) atoms. The van der Waals surface area contributed by atoms with Gasteiger partial charge in [-0.25, -0.2) is 4.99 Å². The lowest BCUT2D eigenvalue weighted by atomic mass is 10.0. The molecule has 0 amide bonds. The second kappa shape index (κ2) is 12.9. The lowest BCUT2D eigenvalue weighted by Gasteiger charge is -2.33. The van der Waals surface area contributed by atoms with Gasteiger partial charge in [0.15, 0.2) is 5.96 Å². The standard InChI is InChI=1S/C19H31N5O2.HI/c1-3-20-19(21-11-7-13-23-12-5-4-8-16(23)2)22-15-17-9-6-10-18(14-17)24(25)26;/h6,9-10,14,16H,3-5,7-8,11-13,15H2,1-2H3,(H2,20,21,22);1H. The zero-order chi connectivity index (χ0) is 18.8. The zero-order valence-corrected chi connectivity index (χ0v) is 18.6. The minimum atomic E-state index is -0.377. The fourth-order valence-electron chi connectivity index (χ4n) is 3.26. The molecule has 7 nitrogen and oxygen atoms in total. The van der Waals surface area contributed by atoms with Crippen LogP contribution in [0.25, 0.3) is 0 Å². The highest BCUT2D eigenvalue weighted by atomic mass is 127. The van der Waals surface area contributed by atoms with Gasteiger partial charge in [-0.2, -0.15) is 0 Å². The monoisotopic (exact) mass is 489 g/mol. The van der Waals surface area contributed by atoms with E-state index in [-0.39, 0.29) is 34.6 Å². The minimum absolute atomic E-state index is 0. The molecule has 1 heterocycles. The molecule has 0 saturated carbocycles. The largest absolute Gasteiger partial charge is 0.357 e. The average molecular weight is 489 g/mol. The van der Waals surface area contributed by atoms with E-state index in [0.29, 0.717) is 12.6 Å². The maximum atomic E-state index is 10.9. The van der Waals surface area contributed by atoms with Crippen LogP contribution < -0.4 is 10.6 Å². The maximum absolute atomic E-state index is 10.9. The van der Waals surface area contributed by atoms with Crippen molar-refractivity contribution in [3.8, 4) is 0 Å². The van der Waals surface area contributed by atoms with Crippen molar-refractivity contribution in [3.63, 3.8) is 0 Å². The molecule has 1 aromatic carbocycles. The molecule has 1 aliphatic heterocycles. The number of non-ortho nitro benzene ring substituents is 1. The predicted octanol–water partition coefficient (Wildman–Crippen LogP) is 3.53. The number of benzene rings is 1. The Morgan fingerprint density at radius 1 is 1.37 bits per heavy atom. The lowest BCUT2D eigenvalue weighted by Crippen LogP contribution is -2.41. The summed E-state index contributed by atoms with van der Waals surface area (Å²) in [6, 6.07) is 7.32. The Labute approximate surface area is 179 Å². The number of hydrogen-bond donors (Lipinski definition) is 2. The van der Waals surface area contributed by atoms with Gasteiger partial charge >= 0.3 is 0 Å². The third-order valence-corrected chi connectivity index (χ3v) is 4.74. The van der Waals surface area contributed by atoms with Gasteiger partial charge in [-0.15, -0.1) is 24.0 Å². The summed E-state index contributed by atoms with van der Waals surface area (Å²) in [6.45, 7) is 8.73. The van der Waals surface area contributed by atoms with Crippen molar-refractivity contribution in [3.05, 3.63) is 39.9 Å². The molecule has 0 radical (unpaired) electrons. The highest BCUT2D eigenvalue weighted by molar-refractivity contribution is 14.0. The number of rotatable bonds is 8. The number of nitro groups is 1. The molecule has 0 aliphatic carbocycles. The van der Waals surface area contributed by atoms with E-state index >= 15 is 0 Å². The fourth-order valence-corrected chi connectivity index (χ4v) is 3.26. The number of halogens is 1. The fraction of sp³-hybridized carbons (Fsp3) is 0.632. The van der Waals surface area contributed by atoms with Crippen molar-refractivity contribution in [2.75, 3.05) is 26.2 Å². The van der Waals surface area contributed by atoms with Crippen LogP contribution in [0.5, 0.6) is 0 Å². The first kappa shape index (κ1) is 23.6. The predicted molar refractivity (Wildman–Crippen MR) is 121 cm³/mol. The normalized spacial score (nSPS) is 17.9. The van der Waals surface area contributed by atoms with Gasteiger partial charge in [-0.1, -0.05) is 18.6 Å². The van der Waals surface area contributed by atoms with E-state index in [1.54, 1.807) is 12.1 Å². The molecule has 0 aromatic heterocycles. The first-order valence-corrected chi connectivity index (χ1v) is 9.59. The summed E-state index contributed by atoms with van der Waals surface area (Å²) in [5.41, 5.74) is 0.935. The molecule has 1 fully saturated rings. The average Bonchev–Trinajstić information content (AvgIpc) is 2.64. The first-order valence-electron chi connectivity index (χ1n) is 9.59. The highest BCUT2D eigenvalue weighted by Crippen LogP contribution is 2.16. The summed E-state index contributed by atoms with van der Waals surface area (Å²) in [5.74, 6) is 0.755. The Balaban J connectivity index is 0.00000364. The summed E-state index contributed by atoms with van der Waals surface area (Å²) in [4.78, 5) is 17.6. The Kier molecular flexibility index (Phi) is 11.3. The Bertz CT molecular complexity index is 612. The van der Waals surface area contributed by atoms with Crippen LogP contribution in [0.15, 0.2) is 29.3 Å². The molecule has 1 aromatic rings. The van der Waals surface area contributed by atoms with Crippen LogP contribution in [0.1, 0.15) is 45.1 Å². The molecule has 2 rings (SSSR count). The Morgan fingerprint density at radius 2 is 2.19 bits per heavy atom. The summed E-state index contributed by atoms with van der Waals surface area (Å²) in [7, 11) is 0. The van der Waals surface area contributed by atoms with Crippen molar-refractivity contribution < 1.29 is 4.92 Å². The van der Waals surface area contributed by atoms with E-state index in [9.17, 15) is 10.1 Å². The van der Waals surface area contributed by atoms with E-state index < -0.39 is 0 Å². The molecule has 1 saturated heterocycles. The third kappa shape index (κ3) is 8.42. The van der Waals surface area contributed by atoms with Crippen molar-refractivity contribution in [1.82, 2.24) is 15.5 Å². The maximum Gasteiger partial charge on any atom is 0.269 e. The van der Waals surface area contributed by atoms with E-state index in [2.05, 4.69) is 27.4 Å². The van der Waals surface area contributed by atoms with Gasteiger partial charge < -0.3 is 15.5 Å². The van der Waals surface area contributed by atoms with Gasteiger partial charge in [0.05, 0.1) is 11.5 Å². The van der Waals surface area contributed by atoms with Crippen LogP contribution in [0, 0.1) is 10.1 Å². The number of aliphatic imine (C=N–C) groups is 1. The van der Waals surface area contributed by atoms with Crippen molar-refractivity contribution in [2.45, 2.75) is 52.1 Å². The second-order valence-electron chi connectivity index (χ2n) is 6.78. The van der Waals surface area contributed by atoms with E-state index in [4.69, 9.17) is 0 Å². The quantitative estimate of drug-likeness (QED) is 0.146. The van der Waals surface area contributed by atoms with Gasteiger partial charge in [0.2, 0.25) is 0 Å². The molecule has 1 aliphatic rings. The molecule has 8 heteroatoms. The second-order valence-corrected chi connectivity index (χ2v) is 6.78. The van der Waals surface area contributed by atoms with Crippen molar-refractivity contribution >= 4 is 35.6 Å². The van der Waals surface area contributed by atoms with E-state index in [0.717, 1.165) is 37.6 Å². The molecule has 1 atom stereocenters. The van der Waals surface area contributed by atoms with Crippen LogP contribution >= 0.6 is 24.0 Å². The topological polar surface area (TPSA) is 82.8 Å². The number of nitrogens with one attached hydrogen (secondary N) is 2. The van der Waals surface area contributed by atoms with E-state index in [1.807, 2.05) is 13.0 Å². The first-order chi connectivity index (χ1) is 12.6. The molecular formula is C19H32IN5O2. The summed E-state index contributed by atoms with van der Waals surface area (Å²) >= 11 is 0. The van der Waals surface area contributed by atoms with E-state index in [1.165, 1.54) is 31.9 Å². The Hall–Kier alpha value is -1.42. The molecule has 152 valence electrons. The number of nitrogens with zero attached hydrogens (tertiary/aromatic N) is 3. The van der Waals surface area contributed by atoms with Crippen molar-refractivity contribution in [2.24, 2.45) is 4.99 Å². The summed E-state index contributed by atoms with van der Waals surface area (Å²) < 4.78 is 0. The molecule has 2 N–H and O–H groups in total. The third-order valence-electron chi connectivity index (χ3n) is 4.74. The Morgan fingerprint density at radius 3 is 2.89 bits per heavy atom. The molecular weight excluding hydrogens is 457 g/mol. The number of nitro benzene ring substituents is 1. The van der Waals surface area contributed by atoms with Gasteiger partial charge in [0, 0.05) is 37.8 Å². The van der Waals surface area contributed by atoms with Gasteiger partial charge in [-0.05, 0) is 45.2 Å². The smallest absolute Gasteiger partial charge is 0.269 e. The SMILES string of the molecule is CCNC(=NCc1cccc([N+](=O)[O-])c1)NCCCN1CCCCC1C.I. The highest BCUT2D eigenvalue weighted by Gasteiger charge is 2.17. The lowest BCUT2D eigenvalue weighted by molar-refractivity contribution is -0.384. The number of likely N-dealkylation sites (tertiary alicyclic amines) is 1. The van der Waals surface area contributed by atoms with Crippen LogP contribution in [-0.4, -0.2) is 48.0 Å². The van der Waals surface area contributed by atoms with Crippen LogP contribution in [0.4, 0.5) is 5.69 Å². The number of piperidine rings is 1. The van der Waals surface area contributed by atoms with Crippen LogP contribution in [0.3, 0.4) is 0 Å². The number of hydrogen-bond acceptors (Lipinski definition) is 4. The summed E-state index contributed by atoms with van der Waals surface area (Å²) in [5, 5.41) is 17.5. The molecule has 0 spiro atoms. The van der Waals surface area contributed by atoms with Crippen LogP contribution in [0.2, 0.25) is 0 Å². The zero-order valence-electron chi connectivity index (χ0n) is 16.3. The van der Waals surface area contributed by atoms with Crippen LogP contribution in [-0.2, 0) is 6.54 Å². The van der Waals surface area contributed by atoms with Gasteiger partial charge in [0.1, 0.15) is 0 Å². The van der Waals surface area contributed by atoms with Gasteiger partial charge in [-0.3, -0.25) is 10.1 Å². The molecule has 0 bridgehead atoms. The van der Waals surface area contributed by atoms with Crippen molar-refractivity contribution in [1.29, 1.82) is 0 Å².